The molecular weight excluding hydrogens is 587 g/mol. The lowest BCUT2D eigenvalue weighted by Crippen LogP contribution is -2.38. The smallest absolute Gasteiger partial charge is 0.257 e. The van der Waals surface area contributed by atoms with Gasteiger partial charge in [-0.25, -0.2) is 4.39 Å². The molecule has 0 bridgehead atoms. The third-order valence-electron chi connectivity index (χ3n) is 6.95. The monoisotopic (exact) mass is 634 g/mol. The lowest BCUT2D eigenvalue weighted by Gasteiger charge is -2.23. The summed E-state index contributed by atoms with van der Waals surface area (Å²) in [5, 5.41) is 2.97. The fourth-order valence-electron chi connectivity index (χ4n) is 4.54. The minimum absolute atomic E-state index is 0.00244. The number of ether oxygens (including phenoxy) is 3. The van der Waals surface area contributed by atoms with Gasteiger partial charge in [0.2, 0.25) is 5.43 Å². The molecule has 0 spiro atoms. The molecule has 248 valence electrons. The second kappa shape index (κ2) is 19.9. The Morgan fingerprint density at radius 1 is 1.13 bits per heavy atom. The molecular formula is C36H47FN4O5. The Balaban J connectivity index is 0.00000361. The zero-order valence-electron chi connectivity index (χ0n) is 28.2. The number of benzene rings is 1. The number of carbonyl (C=O) groups excluding carboxylic acids is 1. The summed E-state index contributed by atoms with van der Waals surface area (Å²) in [6.07, 6.45) is 12.5. The van der Waals surface area contributed by atoms with E-state index in [2.05, 4.69) is 15.3 Å². The van der Waals surface area contributed by atoms with E-state index in [4.69, 9.17) is 14.2 Å². The van der Waals surface area contributed by atoms with Crippen molar-refractivity contribution >= 4 is 17.8 Å². The highest BCUT2D eigenvalue weighted by Crippen LogP contribution is 2.24. The molecule has 1 aromatic carbocycles. The third-order valence-corrected chi connectivity index (χ3v) is 6.95. The van der Waals surface area contributed by atoms with Gasteiger partial charge in [0, 0.05) is 50.2 Å². The molecule has 1 aliphatic rings. The first-order chi connectivity index (χ1) is 22.2. The largest absolute Gasteiger partial charge is 0.455 e. The normalized spacial score (nSPS) is 15.4. The summed E-state index contributed by atoms with van der Waals surface area (Å²) in [7, 11) is 3.17. The second-order valence-electron chi connectivity index (χ2n) is 10.2. The van der Waals surface area contributed by atoms with Crippen molar-refractivity contribution in [2.24, 2.45) is 9.98 Å². The van der Waals surface area contributed by atoms with E-state index in [-0.39, 0.29) is 24.9 Å². The molecule has 0 radical (unpaired) electrons. The Morgan fingerprint density at radius 2 is 1.85 bits per heavy atom. The number of aliphatic imine (C=N–C) groups is 2. The highest BCUT2D eigenvalue weighted by atomic mass is 19.1. The number of hydrogen-bond donors (Lipinski definition) is 1. The van der Waals surface area contributed by atoms with Crippen LogP contribution in [0, 0.1) is 13.8 Å². The molecule has 1 N–H and O–H groups in total. The maximum Gasteiger partial charge on any atom is 0.257 e. The van der Waals surface area contributed by atoms with E-state index in [9.17, 15) is 14.0 Å². The van der Waals surface area contributed by atoms with E-state index in [0.717, 1.165) is 11.1 Å². The van der Waals surface area contributed by atoms with E-state index in [1.807, 2.05) is 71.0 Å². The number of allylic oxidation sites excluding steroid dienone is 3. The molecule has 2 aromatic rings. The number of hydrogen-bond acceptors (Lipinski definition) is 7. The Labute approximate surface area is 271 Å². The molecule has 9 nitrogen and oxygen atoms in total. The number of aryl methyl sites for hydroxylation is 2. The molecule has 3 rings (SSSR count). The topological polar surface area (TPSA) is 104 Å². The van der Waals surface area contributed by atoms with Gasteiger partial charge in [-0.05, 0) is 57.4 Å². The zero-order valence-corrected chi connectivity index (χ0v) is 28.2. The SMILES string of the molecule is CC.COC/C=C/N=C/C=C(OC1=CCC(NC(=O)c2c(C)n(CCF)cc(-c3ccc(C)cc3)c2=O)C=C1C)\C(C)=N\COC. The van der Waals surface area contributed by atoms with Gasteiger partial charge in [0.05, 0.1) is 24.9 Å². The van der Waals surface area contributed by atoms with E-state index in [0.29, 0.717) is 47.1 Å². The van der Waals surface area contributed by atoms with Crippen molar-refractivity contribution in [3.8, 4) is 11.1 Å². The van der Waals surface area contributed by atoms with Crippen molar-refractivity contribution in [1.29, 1.82) is 0 Å². The molecule has 1 heterocycles. The van der Waals surface area contributed by atoms with E-state index in [1.165, 1.54) is 0 Å². The minimum atomic E-state index is -0.626. The molecule has 1 aliphatic carbocycles. The number of carbonyl (C=O) groups is 1. The molecule has 1 aromatic heterocycles. The molecule has 1 amide bonds. The van der Waals surface area contributed by atoms with Crippen molar-refractivity contribution in [1.82, 2.24) is 9.88 Å². The van der Waals surface area contributed by atoms with E-state index in [1.54, 1.807) is 56.5 Å². The van der Waals surface area contributed by atoms with Crippen LogP contribution < -0.4 is 10.7 Å². The molecule has 0 aliphatic heterocycles. The summed E-state index contributed by atoms with van der Waals surface area (Å²) in [6, 6.07) is 7.07. The van der Waals surface area contributed by atoms with Crippen LogP contribution in [0.25, 0.3) is 11.1 Å². The third kappa shape index (κ3) is 10.9. The maximum atomic E-state index is 13.6. The van der Waals surface area contributed by atoms with Crippen LogP contribution in [0.2, 0.25) is 0 Å². The molecule has 0 saturated carbocycles. The predicted octanol–water partition coefficient (Wildman–Crippen LogP) is 6.66. The lowest BCUT2D eigenvalue weighted by molar-refractivity contribution is 0.0941. The van der Waals surface area contributed by atoms with Gasteiger partial charge in [-0.2, -0.15) is 0 Å². The second-order valence-corrected chi connectivity index (χ2v) is 10.2. The quantitative estimate of drug-likeness (QED) is 0.185. The first-order valence-electron chi connectivity index (χ1n) is 15.3. The van der Waals surface area contributed by atoms with Crippen LogP contribution in [-0.4, -0.2) is 62.7 Å². The number of aromatic nitrogens is 1. The Bertz CT molecular complexity index is 1550. The number of amides is 1. The van der Waals surface area contributed by atoms with Crippen LogP contribution in [0.4, 0.5) is 4.39 Å². The molecule has 10 heteroatoms. The highest BCUT2D eigenvalue weighted by Gasteiger charge is 2.24. The molecule has 1 unspecified atom stereocenters. The van der Waals surface area contributed by atoms with Gasteiger partial charge in [-0.1, -0.05) is 49.8 Å². The van der Waals surface area contributed by atoms with Crippen LogP contribution in [-0.2, 0) is 20.8 Å². The van der Waals surface area contributed by atoms with Crippen LogP contribution >= 0.6 is 0 Å². The first-order valence-corrected chi connectivity index (χ1v) is 15.3. The number of methoxy groups -OCH3 is 2. The first kappa shape index (κ1) is 37.8. The summed E-state index contributed by atoms with van der Waals surface area (Å²) in [6.45, 7) is 11.4. The van der Waals surface area contributed by atoms with Crippen molar-refractivity contribution in [2.75, 3.05) is 34.2 Å². The molecule has 46 heavy (non-hydrogen) atoms. The van der Waals surface area contributed by atoms with Crippen LogP contribution in [0.15, 0.2) is 92.8 Å². The summed E-state index contributed by atoms with van der Waals surface area (Å²) in [5.74, 6) is 0.589. The van der Waals surface area contributed by atoms with Crippen molar-refractivity contribution in [2.45, 2.75) is 60.5 Å². The van der Waals surface area contributed by atoms with Crippen molar-refractivity contribution in [3.05, 3.63) is 105 Å². The summed E-state index contributed by atoms with van der Waals surface area (Å²) in [4.78, 5) is 35.7. The number of pyridine rings is 1. The standard InChI is InChI=1S/C34H41FN4O5.C2H6/c1-23-8-10-27(11-9-23)29-21-39(18-15-35)26(4)32(33(29)40)34(41)38-28-12-13-30(24(2)20-28)44-31(25(3)37-22-43-6)14-17-36-16-7-19-42-5;1-2/h7-11,13-14,16-17,20-21,28H,12,15,18-19,22H2,1-6H3,(H,38,41);1-2H3/b16-7+,31-14+,36-17+,37-25+;. The Hall–Kier alpha value is -4.41. The Morgan fingerprint density at radius 3 is 2.48 bits per heavy atom. The summed E-state index contributed by atoms with van der Waals surface area (Å²) >= 11 is 0. The van der Waals surface area contributed by atoms with Gasteiger partial charge in [-0.15, -0.1) is 0 Å². The van der Waals surface area contributed by atoms with Crippen molar-refractivity contribution in [3.63, 3.8) is 0 Å². The van der Waals surface area contributed by atoms with Gasteiger partial charge >= 0.3 is 0 Å². The maximum absolute atomic E-state index is 13.6. The summed E-state index contributed by atoms with van der Waals surface area (Å²) in [5.41, 5.74) is 3.50. The van der Waals surface area contributed by atoms with Gasteiger partial charge in [0.15, 0.2) is 0 Å². The Kier molecular flexibility index (Phi) is 16.3. The number of halogens is 1. The number of alkyl halides is 1. The highest BCUT2D eigenvalue weighted by molar-refractivity contribution is 6.00. The number of nitrogens with zero attached hydrogens (tertiary/aromatic N) is 3. The molecule has 0 saturated heterocycles. The van der Waals surface area contributed by atoms with Gasteiger partial charge in [-0.3, -0.25) is 19.6 Å². The van der Waals surface area contributed by atoms with Gasteiger partial charge in [0.25, 0.3) is 5.91 Å². The fourth-order valence-corrected chi connectivity index (χ4v) is 4.54. The number of rotatable bonds is 14. The van der Waals surface area contributed by atoms with Crippen molar-refractivity contribution < 1.29 is 23.4 Å². The fraction of sp³-hybridized carbons (Fsp3) is 0.389. The lowest BCUT2D eigenvalue weighted by atomic mass is 9.99. The van der Waals surface area contributed by atoms with Crippen LogP contribution in [0.1, 0.15) is 55.7 Å². The average Bonchev–Trinajstić information content (AvgIpc) is 3.04. The van der Waals surface area contributed by atoms with Crippen LogP contribution in [0.5, 0.6) is 0 Å². The minimum Gasteiger partial charge on any atom is -0.455 e. The average molecular weight is 635 g/mol. The number of nitrogens with one attached hydrogen (secondary N) is 1. The molecule has 1 atom stereocenters. The van der Waals surface area contributed by atoms with E-state index < -0.39 is 18.0 Å². The van der Waals surface area contributed by atoms with Gasteiger partial charge in [0.1, 0.15) is 30.5 Å². The van der Waals surface area contributed by atoms with E-state index >= 15 is 0 Å². The van der Waals surface area contributed by atoms with Crippen LogP contribution in [0.3, 0.4) is 0 Å². The van der Waals surface area contributed by atoms with Gasteiger partial charge < -0.3 is 24.1 Å². The molecule has 0 fully saturated rings. The zero-order chi connectivity index (χ0) is 34.1. The summed E-state index contributed by atoms with van der Waals surface area (Å²) < 4.78 is 31.3. The predicted molar refractivity (Wildman–Crippen MR) is 184 cm³/mol.